The molecule has 0 saturated carbocycles. The summed E-state index contributed by atoms with van der Waals surface area (Å²) in [5.74, 6) is -1.35. The van der Waals surface area contributed by atoms with Crippen LogP contribution in [-0.4, -0.2) is 80.9 Å². The van der Waals surface area contributed by atoms with Gasteiger partial charge in [-0.05, 0) is 13.0 Å². The second kappa shape index (κ2) is 7.03. The van der Waals surface area contributed by atoms with Gasteiger partial charge in [-0.25, -0.2) is 12.7 Å². The molecule has 18 heavy (non-hydrogen) atoms. The molecule has 0 aliphatic carbocycles. The third-order valence-corrected chi connectivity index (χ3v) is 4.64. The van der Waals surface area contributed by atoms with Crippen molar-refractivity contribution in [2.45, 2.75) is 6.42 Å². The predicted molar refractivity (Wildman–Crippen MR) is 65.5 cm³/mol. The number of β-amino-alcohol motifs (C(OH)–C–C–N with tert-alkyl or cyclic N) is 1. The Kier molecular flexibility index (Phi) is 6.00. The maximum Gasteiger partial charge on any atom is 0.322 e. The molecular formula is C10H20N2O5S. The van der Waals surface area contributed by atoms with Crippen LogP contribution in [0.5, 0.6) is 0 Å². The Morgan fingerprint density at radius 2 is 2.00 bits per heavy atom. The molecular weight excluding hydrogens is 260 g/mol. The number of rotatable bonds is 5. The molecule has 1 aliphatic rings. The summed E-state index contributed by atoms with van der Waals surface area (Å²) in [6.45, 7) is 2.69. The number of carbonyl (C=O) groups excluding carboxylic acids is 1. The third kappa shape index (κ3) is 4.52. The molecule has 0 radical (unpaired) electrons. The standard InChI is InChI=1S/C10H20N2O5S/c1-17-10(14)9-18(15,16)12-4-2-3-11(5-6-12)7-8-13/h13H,2-9H2,1H3. The zero-order valence-corrected chi connectivity index (χ0v) is 11.4. The minimum absolute atomic E-state index is 0.0644. The number of aliphatic hydroxyl groups excluding tert-OH is 1. The van der Waals surface area contributed by atoms with Gasteiger partial charge in [0, 0.05) is 26.2 Å². The van der Waals surface area contributed by atoms with Gasteiger partial charge in [-0.2, -0.15) is 0 Å². The van der Waals surface area contributed by atoms with Crippen LogP contribution in [-0.2, 0) is 19.6 Å². The number of esters is 1. The Balaban J connectivity index is 2.59. The SMILES string of the molecule is COC(=O)CS(=O)(=O)N1CCCN(CCO)CC1. The average Bonchev–Trinajstić information content (AvgIpc) is 2.55. The Bertz CT molecular complexity index is 370. The molecule has 0 aromatic rings. The molecule has 0 aromatic heterocycles. The van der Waals surface area contributed by atoms with Crippen molar-refractivity contribution in [1.82, 2.24) is 9.21 Å². The number of ether oxygens (including phenoxy) is 1. The van der Waals surface area contributed by atoms with Crippen LogP contribution in [0.4, 0.5) is 0 Å². The molecule has 0 atom stereocenters. The van der Waals surface area contributed by atoms with Crippen LogP contribution in [0.1, 0.15) is 6.42 Å². The molecule has 106 valence electrons. The topological polar surface area (TPSA) is 87.2 Å². The number of sulfonamides is 1. The molecule has 1 aliphatic heterocycles. The normalized spacial score (nSPS) is 19.4. The van der Waals surface area contributed by atoms with Crippen molar-refractivity contribution in [1.29, 1.82) is 0 Å². The number of carbonyl (C=O) groups is 1. The number of nitrogens with zero attached hydrogens (tertiary/aromatic N) is 2. The molecule has 7 nitrogen and oxygen atoms in total. The maximum absolute atomic E-state index is 11.9. The summed E-state index contributed by atoms with van der Waals surface area (Å²) >= 11 is 0. The van der Waals surface area contributed by atoms with Crippen molar-refractivity contribution in [3.63, 3.8) is 0 Å². The van der Waals surface area contributed by atoms with Crippen LogP contribution >= 0.6 is 0 Å². The average molecular weight is 280 g/mol. The van der Waals surface area contributed by atoms with Crippen LogP contribution in [0.15, 0.2) is 0 Å². The fourth-order valence-electron chi connectivity index (χ4n) is 1.89. The van der Waals surface area contributed by atoms with Gasteiger partial charge in [-0.15, -0.1) is 0 Å². The molecule has 1 heterocycles. The van der Waals surface area contributed by atoms with Crippen molar-refractivity contribution in [3.8, 4) is 0 Å². The first-order valence-corrected chi connectivity index (χ1v) is 7.48. The summed E-state index contributed by atoms with van der Waals surface area (Å²) in [6, 6.07) is 0. The van der Waals surface area contributed by atoms with Gasteiger partial charge in [0.25, 0.3) is 0 Å². The highest BCUT2D eigenvalue weighted by atomic mass is 32.2. The predicted octanol–water partition coefficient (Wildman–Crippen LogP) is -1.51. The Morgan fingerprint density at radius 1 is 1.28 bits per heavy atom. The lowest BCUT2D eigenvalue weighted by atomic mass is 10.4. The number of methoxy groups -OCH3 is 1. The van der Waals surface area contributed by atoms with Gasteiger partial charge in [-0.1, -0.05) is 0 Å². The second-order valence-corrected chi connectivity index (χ2v) is 6.12. The van der Waals surface area contributed by atoms with E-state index < -0.39 is 21.7 Å². The maximum atomic E-state index is 11.9. The molecule has 1 rings (SSSR count). The first-order chi connectivity index (χ1) is 8.49. The van der Waals surface area contributed by atoms with Crippen LogP contribution in [0.3, 0.4) is 0 Å². The van der Waals surface area contributed by atoms with E-state index in [1.165, 1.54) is 11.4 Å². The second-order valence-electron chi connectivity index (χ2n) is 4.15. The van der Waals surface area contributed by atoms with Crippen molar-refractivity contribution in [2.24, 2.45) is 0 Å². The van der Waals surface area contributed by atoms with Gasteiger partial charge in [0.05, 0.1) is 13.7 Å². The lowest BCUT2D eigenvalue weighted by molar-refractivity contribution is -0.137. The lowest BCUT2D eigenvalue weighted by Crippen LogP contribution is -2.38. The van der Waals surface area contributed by atoms with Gasteiger partial charge in [0.2, 0.25) is 10.0 Å². The summed E-state index contributed by atoms with van der Waals surface area (Å²) < 4.78 is 29.6. The highest BCUT2D eigenvalue weighted by molar-refractivity contribution is 7.89. The van der Waals surface area contributed by atoms with E-state index >= 15 is 0 Å². The molecule has 1 N–H and O–H groups in total. The summed E-state index contributed by atoms with van der Waals surface area (Å²) in [5, 5.41) is 8.85. The summed E-state index contributed by atoms with van der Waals surface area (Å²) in [7, 11) is -2.42. The van der Waals surface area contributed by atoms with E-state index in [1.54, 1.807) is 0 Å². The molecule has 1 fully saturated rings. The van der Waals surface area contributed by atoms with E-state index in [-0.39, 0.29) is 6.61 Å². The molecule has 0 amide bonds. The van der Waals surface area contributed by atoms with Crippen LogP contribution in [0.25, 0.3) is 0 Å². The number of hydrogen-bond acceptors (Lipinski definition) is 6. The Morgan fingerprint density at radius 3 is 2.61 bits per heavy atom. The molecule has 0 bridgehead atoms. The van der Waals surface area contributed by atoms with E-state index in [0.717, 1.165) is 6.54 Å². The Hall–Kier alpha value is -0.700. The van der Waals surface area contributed by atoms with E-state index in [2.05, 4.69) is 4.74 Å². The van der Waals surface area contributed by atoms with Gasteiger partial charge in [0.1, 0.15) is 0 Å². The molecule has 0 spiro atoms. The number of hydrogen-bond donors (Lipinski definition) is 1. The highest BCUT2D eigenvalue weighted by Gasteiger charge is 2.27. The summed E-state index contributed by atoms with van der Waals surface area (Å²) in [6.07, 6.45) is 0.695. The lowest BCUT2D eigenvalue weighted by Gasteiger charge is -2.20. The molecule has 1 saturated heterocycles. The van der Waals surface area contributed by atoms with Crippen LogP contribution in [0, 0.1) is 0 Å². The van der Waals surface area contributed by atoms with Crippen molar-refractivity contribution < 1.29 is 23.1 Å². The highest BCUT2D eigenvalue weighted by Crippen LogP contribution is 2.08. The minimum Gasteiger partial charge on any atom is -0.468 e. The van der Waals surface area contributed by atoms with Gasteiger partial charge >= 0.3 is 5.97 Å². The Labute approximate surface area is 107 Å². The first-order valence-electron chi connectivity index (χ1n) is 5.87. The largest absolute Gasteiger partial charge is 0.468 e. The van der Waals surface area contributed by atoms with Crippen LogP contribution < -0.4 is 0 Å². The third-order valence-electron chi connectivity index (χ3n) is 2.89. The minimum atomic E-state index is -3.59. The molecule has 0 aromatic carbocycles. The van der Waals surface area contributed by atoms with Gasteiger partial charge < -0.3 is 9.84 Å². The van der Waals surface area contributed by atoms with Crippen molar-refractivity contribution in [3.05, 3.63) is 0 Å². The molecule has 8 heteroatoms. The van der Waals surface area contributed by atoms with E-state index in [9.17, 15) is 13.2 Å². The fourth-order valence-corrected chi connectivity index (χ4v) is 3.25. The smallest absolute Gasteiger partial charge is 0.322 e. The number of aliphatic hydroxyl groups is 1. The van der Waals surface area contributed by atoms with Crippen LogP contribution in [0.2, 0.25) is 0 Å². The first kappa shape index (κ1) is 15.4. The van der Waals surface area contributed by atoms with E-state index in [4.69, 9.17) is 5.11 Å². The quantitative estimate of drug-likeness (QED) is 0.616. The van der Waals surface area contributed by atoms with E-state index in [0.29, 0.717) is 32.6 Å². The summed E-state index contributed by atoms with van der Waals surface area (Å²) in [5.41, 5.74) is 0. The van der Waals surface area contributed by atoms with Crippen molar-refractivity contribution in [2.75, 3.05) is 52.2 Å². The monoisotopic (exact) mass is 280 g/mol. The van der Waals surface area contributed by atoms with E-state index in [1.807, 2.05) is 4.90 Å². The van der Waals surface area contributed by atoms with Gasteiger partial charge in [-0.3, -0.25) is 9.69 Å². The molecule has 0 unspecified atom stereocenters. The van der Waals surface area contributed by atoms with Gasteiger partial charge in [0.15, 0.2) is 5.75 Å². The summed E-state index contributed by atoms with van der Waals surface area (Å²) in [4.78, 5) is 13.1. The van der Waals surface area contributed by atoms with Crippen molar-refractivity contribution >= 4 is 16.0 Å². The fraction of sp³-hybridized carbons (Fsp3) is 0.900. The zero-order valence-electron chi connectivity index (χ0n) is 10.5. The zero-order chi connectivity index (χ0) is 13.6.